The van der Waals surface area contributed by atoms with E-state index in [1.807, 2.05) is 17.2 Å². The zero-order chi connectivity index (χ0) is 18.1. The van der Waals surface area contributed by atoms with Crippen LogP contribution >= 0.6 is 0 Å². The molecule has 0 aromatic carbocycles. The number of aromatic nitrogens is 2. The van der Waals surface area contributed by atoms with Crippen molar-refractivity contribution in [3.63, 3.8) is 0 Å². The van der Waals surface area contributed by atoms with Gasteiger partial charge in [0.25, 0.3) is 5.91 Å². The maximum absolute atomic E-state index is 12.7. The number of carbonyl (C=O) groups is 1. The van der Waals surface area contributed by atoms with Crippen molar-refractivity contribution in [2.75, 3.05) is 57.4 Å². The van der Waals surface area contributed by atoms with Crippen LogP contribution in [0.2, 0.25) is 0 Å². The molecular weight excluding hydrogens is 330 g/mol. The van der Waals surface area contributed by atoms with Crippen LogP contribution in [0.5, 0.6) is 0 Å². The molecule has 0 atom stereocenters. The summed E-state index contributed by atoms with van der Waals surface area (Å²) in [5, 5.41) is 1.04. The van der Waals surface area contributed by atoms with E-state index in [4.69, 9.17) is 4.74 Å². The number of hydrogen-bond acceptors (Lipinski definition) is 5. The molecule has 1 amide bonds. The minimum atomic E-state index is 0.0385. The molecule has 2 aromatic heterocycles. The van der Waals surface area contributed by atoms with Crippen molar-refractivity contribution in [3.8, 4) is 0 Å². The SMILES string of the molecule is CC(C)N1CCN(c2cc3cc(C(=O)N4CCOCC4)[nH]c3cn2)CC1. The summed E-state index contributed by atoms with van der Waals surface area (Å²) in [6.45, 7) is 11.1. The molecule has 140 valence electrons. The van der Waals surface area contributed by atoms with Crippen LogP contribution in [0.4, 0.5) is 5.82 Å². The van der Waals surface area contributed by atoms with Gasteiger partial charge in [-0.25, -0.2) is 4.98 Å². The summed E-state index contributed by atoms with van der Waals surface area (Å²) in [5.41, 5.74) is 1.54. The lowest BCUT2D eigenvalue weighted by atomic mass is 10.2. The maximum Gasteiger partial charge on any atom is 0.270 e. The van der Waals surface area contributed by atoms with Crippen LogP contribution in [0, 0.1) is 0 Å². The van der Waals surface area contributed by atoms with E-state index in [-0.39, 0.29) is 5.91 Å². The molecule has 4 rings (SSSR count). The molecule has 0 aliphatic carbocycles. The summed E-state index contributed by atoms with van der Waals surface area (Å²) in [4.78, 5) is 27.2. The monoisotopic (exact) mass is 357 g/mol. The molecule has 4 heterocycles. The van der Waals surface area contributed by atoms with E-state index < -0.39 is 0 Å². The summed E-state index contributed by atoms with van der Waals surface area (Å²) in [6.07, 6.45) is 1.84. The number of fused-ring (bicyclic) bond motifs is 1. The Morgan fingerprint density at radius 2 is 1.85 bits per heavy atom. The standard InChI is InChI=1S/C19H27N5O2/c1-14(2)22-3-5-23(6-4-22)18-12-15-11-16(21-17(15)13-20-18)19(25)24-7-9-26-10-8-24/h11-14,21H,3-10H2,1-2H3. The highest BCUT2D eigenvalue weighted by Gasteiger charge is 2.22. The summed E-state index contributed by atoms with van der Waals surface area (Å²) in [5.74, 6) is 1.03. The van der Waals surface area contributed by atoms with Crippen LogP contribution in [0.1, 0.15) is 24.3 Å². The van der Waals surface area contributed by atoms with Crippen molar-refractivity contribution in [2.24, 2.45) is 0 Å². The largest absolute Gasteiger partial charge is 0.378 e. The van der Waals surface area contributed by atoms with Crippen molar-refractivity contribution in [1.82, 2.24) is 19.8 Å². The molecule has 0 saturated carbocycles. The van der Waals surface area contributed by atoms with Gasteiger partial charge in [0.2, 0.25) is 0 Å². The van der Waals surface area contributed by atoms with Gasteiger partial charge < -0.3 is 19.5 Å². The molecule has 26 heavy (non-hydrogen) atoms. The van der Waals surface area contributed by atoms with Gasteiger partial charge in [-0.2, -0.15) is 0 Å². The first-order valence-electron chi connectivity index (χ1n) is 9.46. The highest BCUT2D eigenvalue weighted by molar-refractivity contribution is 5.98. The Balaban J connectivity index is 1.50. The van der Waals surface area contributed by atoms with Gasteiger partial charge in [-0.05, 0) is 26.0 Å². The minimum Gasteiger partial charge on any atom is -0.378 e. The van der Waals surface area contributed by atoms with Gasteiger partial charge in [-0.15, -0.1) is 0 Å². The number of ether oxygens (including phenoxy) is 1. The van der Waals surface area contributed by atoms with Gasteiger partial charge >= 0.3 is 0 Å². The van der Waals surface area contributed by atoms with Crippen LogP contribution in [0.25, 0.3) is 10.9 Å². The number of pyridine rings is 1. The normalized spacial score (nSPS) is 19.5. The predicted molar refractivity (Wildman–Crippen MR) is 102 cm³/mol. The number of hydrogen-bond donors (Lipinski definition) is 1. The van der Waals surface area contributed by atoms with Crippen LogP contribution in [0.3, 0.4) is 0 Å². The molecule has 1 N–H and O–H groups in total. The fraction of sp³-hybridized carbons (Fsp3) is 0.579. The molecule has 2 aliphatic rings. The number of rotatable bonds is 3. The zero-order valence-electron chi connectivity index (χ0n) is 15.6. The zero-order valence-corrected chi connectivity index (χ0v) is 15.6. The Labute approximate surface area is 153 Å². The minimum absolute atomic E-state index is 0.0385. The first-order valence-corrected chi connectivity index (χ1v) is 9.46. The van der Waals surface area contributed by atoms with Gasteiger partial charge in [-0.3, -0.25) is 9.69 Å². The van der Waals surface area contributed by atoms with Crippen molar-refractivity contribution in [1.29, 1.82) is 0 Å². The van der Waals surface area contributed by atoms with E-state index in [1.54, 1.807) is 0 Å². The Morgan fingerprint density at radius 1 is 1.12 bits per heavy atom. The number of H-pyrrole nitrogens is 1. The smallest absolute Gasteiger partial charge is 0.270 e. The number of anilines is 1. The summed E-state index contributed by atoms with van der Waals surface area (Å²) < 4.78 is 5.33. The number of nitrogens with one attached hydrogen (secondary N) is 1. The molecular formula is C19H27N5O2. The molecule has 2 saturated heterocycles. The van der Waals surface area contributed by atoms with Crippen LogP contribution in [-0.4, -0.2) is 84.2 Å². The second-order valence-corrected chi connectivity index (χ2v) is 7.33. The number of nitrogens with zero attached hydrogens (tertiary/aromatic N) is 4. The molecule has 0 radical (unpaired) electrons. The average Bonchev–Trinajstić information content (AvgIpc) is 3.11. The van der Waals surface area contributed by atoms with Crippen LogP contribution in [0.15, 0.2) is 18.3 Å². The van der Waals surface area contributed by atoms with Crippen molar-refractivity contribution in [3.05, 3.63) is 24.0 Å². The van der Waals surface area contributed by atoms with Gasteiger partial charge in [0, 0.05) is 50.7 Å². The summed E-state index contributed by atoms with van der Waals surface area (Å²) in [6, 6.07) is 4.63. The highest BCUT2D eigenvalue weighted by Crippen LogP contribution is 2.22. The quantitative estimate of drug-likeness (QED) is 0.903. The third-order valence-electron chi connectivity index (χ3n) is 5.39. The third-order valence-corrected chi connectivity index (χ3v) is 5.39. The van der Waals surface area contributed by atoms with Crippen LogP contribution in [-0.2, 0) is 4.74 Å². The van der Waals surface area contributed by atoms with E-state index in [1.165, 1.54) is 0 Å². The maximum atomic E-state index is 12.7. The third kappa shape index (κ3) is 3.41. The van der Waals surface area contributed by atoms with E-state index in [9.17, 15) is 4.79 Å². The molecule has 0 spiro atoms. The van der Waals surface area contributed by atoms with Crippen LogP contribution < -0.4 is 4.90 Å². The number of morpholine rings is 1. The number of piperazine rings is 1. The molecule has 2 fully saturated rings. The fourth-order valence-electron chi connectivity index (χ4n) is 3.71. The van der Waals surface area contributed by atoms with E-state index >= 15 is 0 Å². The highest BCUT2D eigenvalue weighted by atomic mass is 16.5. The van der Waals surface area contributed by atoms with E-state index in [0.717, 1.165) is 42.9 Å². The second-order valence-electron chi connectivity index (χ2n) is 7.33. The molecule has 7 nitrogen and oxygen atoms in total. The topological polar surface area (TPSA) is 64.7 Å². The molecule has 0 unspecified atom stereocenters. The number of aromatic amines is 1. The summed E-state index contributed by atoms with van der Waals surface area (Å²) in [7, 11) is 0. The van der Waals surface area contributed by atoms with Gasteiger partial charge in [0.05, 0.1) is 24.9 Å². The molecule has 2 aromatic rings. The lowest BCUT2D eigenvalue weighted by molar-refractivity contribution is 0.0299. The average molecular weight is 357 g/mol. The lowest BCUT2D eigenvalue weighted by Crippen LogP contribution is -2.49. The first-order chi connectivity index (χ1) is 12.6. The Kier molecular flexibility index (Phi) is 4.82. The van der Waals surface area contributed by atoms with E-state index in [0.29, 0.717) is 38.0 Å². The lowest BCUT2D eigenvalue weighted by Gasteiger charge is -2.37. The Morgan fingerprint density at radius 3 is 2.54 bits per heavy atom. The second kappa shape index (κ2) is 7.25. The molecule has 0 bridgehead atoms. The van der Waals surface area contributed by atoms with Crippen molar-refractivity contribution >= 4 is 22.6 Å². The Bertz CT molecular complexity index is 773. The van der Waals surface area contributed by atoms with E-state index in [2.05, 4.69) is 39.7 Å². The number of carbonyl (C=O) groups excluding carboxylic acids is 1. The van der Waals surface area contributed by atoms with Crippen molar-refractivity contribution < 1.29 is 9.53 Å². The molecule has 7 heteroatoms. The van der Waals surface area contributed by atoms with Crippen molar-refractivity contribution in [2.45, 2.75) is 19.9 Å². The van der Waals surface area contributed by atoms with Gasteiger partial charge in [-0.1, -0.05) is 0 Å². The molecule has 2 aliphatic heterocycles. The Hall–Kier alpha value is -2.12. The summed E-state index contributed by atoms with van der Waals surface area (Å²) >= 11 is 0. The first kappa shape index (κ1) is 17.3. The number of amides is 1. The van der Waals surface area contributed by atoms with Gasteiger partial charge in [0.15, 0.2) is 0 Å². The predicted octanol–water partition coefficient (Wildman–Crippen LogP) is 1.57. The van der Waals surface area contributed by atoms with Gasteiger partial charge in [0.1, 0.15) is 11.5 Å². The fourth-order valence-corrected chi connectivity index (χ4v) is 3.71.